The van der Waals surface area contributed by atoms with Crippen LogP contribution in [0.15, 0.2) is 30.3 Å². The molecule has 0 aliphatic carbocycles. The van der Waals surface area contributed by atoms with E-state index in [1.54, 1.807) is 0 Å². The van der Waals surface area contributed by atoms with E-state index < -0.39 is 0 Å². The molecule has 80 valence electrons. The molecular weight excluding hydrogens is 188 g/mol. The summed E-state index contributed by atoms with van der Waals surface area (Å²) in [5.74, 6) is 0. The van der Waals surface area contributed by atoms with E-state index in [9.17, 15) is 0 Å². The van der Waals surface area contributed by atoms with Gasteiger partial charge in [0.05, 0.1) is 0 Å². The van der Waals surface area contributed by atoms with E-state index in [4.69, 9.17) is 0 Å². The van der Waals surface area contributed by atoms with Crippen molar-refractivity contribution in [2.24, 2.45) is 0 Å². The Labute approximate surface area is 94.1 Å². The highest BCUT2D eigenvalue weighted by Gasteiger charge is 2.19. The average Bonchev–Trinajstić information content (AvgIpc) is 2.18. The van der Waals surface area contributed by atoms with Gasteiger partial charge in [-0.1, -0.05) is 57.0 Å². The first-order chi connectivity index (χ1) is 6.52. The van der Waals surface area contributed by atoms with Crippen molar-refractivity contribution in [3.8, 4) is 0 Å². The summed E-state index contributed by atoms with van der Waals surface area (Å²) in [6.45, 7) is 8.64. The Morgan fingerprint density at radius 3 is 1.64 bits per heavy atom. The van der Waals surface area contributed by atoms with Gasteiger partial charge in [-0.15, -0.1) is 0 Å². The molecule has 1 rings (SSSR count). The van der Waals surface area contributed by atoms with E-state index in [-0.39, 0.29) is 4.75 Å². The molecule has 14 heavy (non-hydrogen) atoms. The minimum absolute atomic E-state index is 0.0985. The van der Waals surface area contributed by atoms with Gasteiger partial charge < -0.3 is 0 Å². The van der Waals surface area contributed by atoms with Crippen LogP contribution in [0.4, 0.5) is 0 Å². The Hall–Kier alpha value is -0.430. The zero-order valence-electron chi connectivity index (χ0n) is 9.80. The summed E-state index contributed by atoms with van der Waals surface area (Å²) in [5.41, 5.74) is 1.31. The van der Waals surface area contributed by atoms with Crippen LogP contribution in [0.25, 0.3) is 0 Å². The normalized spacial score (nSPS) is 10.4. The maximum absolute atomic E-state index is 3.64. The highest BCUT2D eigenvalue weighted by Crippen LogP contribution is 2.19. The van der Waals surface area contributed by atoms with Crippen LogP contribution in [0.1, 0.15) is 46.1 Å². The molecular formula is C13H23S+. The molecule has 0 saturated heterocycles. The zero-order valence-corrected chi connectivity index (χ0v) is 10.8. The Bertz CT molecular complexity index is 219. The van der Waals surface area contributed by atoms with Crippen molar-refractivity contribution in [1.29, 1.82) is 0 Å². The second-order valence-electron chi connectivity index (χ2n) is 3.99. The lowest BCUT2D eigenvalue weighted by Gasteiger charge is -2.10. The van der Waals surface area contributed by atoms with Crippen LogP contribution < -0.4 is 0 Å². The van der Waals surface area contributed by atoms with E-state index in [0.717, 1.165) is 0 Å². The standard InChI is InChI=1S/C9H12S.C4H10/c1-9(2,10)8-6-4-3-5-7-8;1-3-4-2/h3-7,10H,1-2H3;3-4H2,1-2H3/p+1. The van der Waals surface area contributed by atoms with Crippen molar-refractivity contribution in [1.82, 2.24) is 0 Å². The smallest absolute Gasteiger partial charge is 0.0654 e. The summed E-state index contributed by atoms with van der Waals surface area (Å²) >= 11 is 3.64. The molecule has 0 nitrogen and oxygen atoms in total. The molecule has 0 N–H and O–H groups in total. The minimum Gasteiger partial charge on any atom is -0.0654 e. The fraction of sp³-hybridized carbons (Fsp3) is 0.538. The molecule has 0 aliphatic heterocycles. The van der Waals surface area contributed by atoms with Gasteiger partial charge in [-0.3, -0.25) is 0 Å². The zero-order chi connectivity index (χ0) is 11.0. The molecule has 0 unspecified atom stereocenters. The molecule has 0 radical (unpaired) electrons. The maximum atomic E-state index is 3.64. The molecule has 0 heterocycles. The van der Waals surface area contributed by atoms with Crippen molar-refractivity contribution in [2.45, 2.75) is 45.3 Å². The van der Waals surface area contributed by atoms with Crippen molar-refractivity contribution >= 4 is 12.6 Å². The molecule has 1 heteroatoms. The molecule has 0 fully saturated rings. The van der Waals surface area contributed by atoms with Crippen LogP contribution in [-0.4, -0.2) is 0 Å². The molecule has 0 saturated carbocycles. The van der Waals surface area contributed by atoms with E-state index >= 15 is 0 Å². The van der Waals surface area contributed by atoms with Crippen molar-refractivity contribution in [3.05, 3.63) is 35.9 Å². The van der Waals surface area contributed by atoms with Gasteiger partial charge in [0.2, 0.25) is 0 Å². The fourth-order valence-electron chi connectivity index (χ4n) is 0.855. The van der Waals surface area contributed by atoms with Gasteiger partial charge in [-0.25, -0.2) is 0 Å². The van der Waals surface area contributed by atoms with Crippen LogP contribution in [0, 0.1) is 0 Å². The van der Waals surface area contributed by atoms with Gasteiger partial charge in [-0.05, 0) is 26.5 Å². The lowest BCUT2D eigenvalue weighted by Crippen LogP contribution is -2.11. The Balaban J connectivity index is 0.000000364. The quantitative estimate of drug-likeness (QED) is 0.654. The first-order valence-corrected chi connectivity index (χ1v) is 5.82. The maximum Gasteiger partial charge on any atom is 0.143 e. The fourth-order valence-corrected chi connectivity index (χ4v) is 1.02. The molecule has 1 aromatic rings. The first kappa shape index (κ1) is 13.6. The molecule has 0 aliphatic rings. The van der Waals surface area contributed by atoms with Crippen LogP contribution in [0.3, 0.4) is 0 Å². The molecule has 0 aromatic heterocycles. The van der Waals surface area contributed by atoms with Crippen molar-refractivity contribution in [2.75, 3.05) is 0 Å². The van der Waals surface area contributed by atoms with Crippen LogP contribution in [0.2, 0.25) is 0 Å². The number of hydrogen-bond donors (Lipinski definition) is 0. The number of rotatable bonds is 2. The molecule has 1 aromatic carbocycles. The van der Waals surface area contributed by atoms with Gasteiger partial charge in [0.25, 0.3) is 0 Å². The summed E-state index contributed by atoms with van der Waals surface area (Å²) < 4.78 is 0.0985. The molecule has 0 atom stereocenters. The van der Waals surface area contributed by atoms with Gasteiger partial charge in [0.15, 0.2) is 0 Å². The predicted molar refractivity (Wildman–Crippen MR) is 70.2 cm³/mol. The monoisotopic (exact) mass is 211 g/mol. The number of unbranched alkanes of at least 4 members (excludes halogenated alkanes) is 1. The van der Waals surface area contributed by atoms with Gasteiger partial charge in [-0.2, -0.15) is 0 Å². The van der Waals surface area contributed by atoms with Crippen LogP contribution in [0.5, 0.6) is 0 Å². The Kier molecular flexibility index (Phi) is 6.73. The third kappa shape index (κ3) is 6.09. The van der Waals surface area contributed by atoms with Crippen LogP contribution in [-0.2, 0) is 17.4 Å². The van der Waals surface area contributed by atoms with E-state index in [0.29, 0.717) is 0 Å². The summed E-state index contributed by atoms with van der Waals surface area (Å²) in [4.78, 5) is 0. The summed E-state index contributed by atoms with van der Waals surface area (Å²) in [6, 6.07) is 10.4. The number of benzene rings is 1. The van der Waals surface area contributed by atoms with E-state index in [1.165, 1.54) is 18.4 Å². The van der Waals surface area contributed by atoms with E-state index in [2.05, 4.69) is 64.6 Å². The summed E-state index contributed by atoms with van der Waals surface area (Å²) in [5, 5.41) is 0. The second-order valence-corrected chi connectivity index (χ2v) is 5.24. The topological polar surface area (TPSA) is 0 Å². The molecule has 0 amide bonds. The van der Waals surface area contributed by atoms with E-state index in [1.807, 2.05) is 6.07 Å². The average molecular weight is 211 g/mol. The summed E-state index contributed by atoms with van der Waals surface area (Å²) in [6.07, 6.45) is 2.64. The van der Waals surface area contributed by atoms with Crippen LogP contribution >= 0.6 is 0 Å². The summed E-state index contributed by atoms with van der Waals surface area (Å²) in [7, 11) is 0. The minimum atomic E-state index is 0.0985. The molecule has 0 bridgehead atoms. The van der Waals surface area contributed by atoms with Crippen molar-refractivity contribution < 1.29 is 0 Å². The first-order valence-electron chi connectivity index (χ1n) is 5.32. The Morgan fingerprint density at radius 1 is 1.00 bits per heavy atom. The molecule has 0 spiro atoms. The third-order valence-electron chi connectivity index (χ3n) is 2.00. The van der Waals surface area contributed by atoms with Gasteiger partial charge in [0.1, 0.15) is 4.75 Å². The lowest BCUT2D eigenvalue weighted by atomic mass is 10.0. The largest absolute Gasteiger partial charge is 0.143 e. The Morgan fingerprint density at radius 2 is 1.43 bits per heavy atom. The highest BCUT2D eigenvalue weighted by molar-refractivity contribution is 7.59. The predicted octanol–water partition coefficient (Wildman–Crippen LogP) is 3.74. The number of hydrogen-bond acceptors (Lipinski definition) is 0. The van der Waals surface area contributed by atoms with Gasteiger partial charge in [0, 0.05) is 5.56 Å². The highest BCUT2D eigenvalue weighted by atomic mass is 32.1. The van der Waals surface area contributed by atoms with Crippen molar-refractivity contribution in [3.63, 3.8) is 0 Å². The third-order valence-corrected chi connectivity index (χ3v) is 2.28. The second kappa shape index (κ2) is 6.94. The van der Waals surface area contributed by atoms with Gasteiger partial charge >= 0.3 is 0 Å². The lowest BCUT2D eigenvalue weighted by molar-refractivity contribution is 0.789. The SMILES string of the molecule is CC(C)([SH2+])c1ccccc1.CCCC.